The van der Waals surface area contributed by atoms with E-state index in [1.54, 1.807) is 19.6 Å². The minimum absolute atomic E-state index is 0.160. The maximum atomic E-state index is 11.8. The number of nitrogens with zero attached hydrogens (tertiary/aromatic N) is 1. The van der Waals surface area contributed by atoms with Gasteiger partial charge in [0.15, 0.2) is 0 Å². The molecular formula is C14H23N3O3S. The van der Waals surface area contributed by atoms with E-state index in [9.17, 15) is 4.79 Å². The number of thioether (sulfide) groups is 1. The Morgan fingerprint density at radius 2 is 2.29 bits per heavy atom. The molecule has 2 N–H and O–H groups in total. The summed E-state index contributed by atoms with van der Waals surface area (Å²) in [5.41, 5.74) is 1.11. The van der Waals surface area contributed by atoms with Crippen LogP contribution in [0.1, 0.15) is 11.6 Å². The van der Waals surface area contributed by atoms with E-state index in [1.165, 1.54) is 0 Å². The molecule has 7 heteroatoms. The molecule has 1 atom stereocenters. The van der Waals surface area contributed by atoms with Crippen LogP contribution in [-0.4, -0.2) is 62.3 Å². The molecule has 0 saturated carbocycles. The summed E-state index contributed by atoms with van der Waals surface area (Å²) in [5, 5.41) is 5.70. The average molecular weight is 313 g/mol. The molecule has 1 aromatic rings. The van der Waals surface area contributed by atoms with Crippen LogP contribution in [0.2, 0.25) is 0 Å². The van der Waals surface area contributed by atoms with Crippen molar-refractivity contribution in [3.05, 3.63) is 24.2 Å². The predicted molar refractivity (Wildman–Crippen MR) is 83.6 cm³/mol. The van der Waals surface area contributed by atoms with Crippen molar-refractivity contribution in [2.75, 3.05) is 51.4 Å². The number of ether oxygens (including phenoxy) is 1. The van der Waals surface area contributed by atoms with Crippen LogP contribution < -0.4 is 10.6 Å². The fourth-order valence-electron chi connectivity index (χ4n) is 2.33. The molecule has 2 rings (SSSR count). The summed E-state index contributed by atoms with van der Waals surface area (Å²) >= 11 is 1.97. The van der Waals surface area contributed by atoms with E-state index in [4.69, 9.17) is 9.15 Å². The van der Waals surface area contributed by atoms with Gasteiger partial charge in [0, 0.05) is 50.4 Å². The third kappa shape index (κ3) is 5.26. The number of urea groups is 1. The van der Waals surface area contributed by atoms with E-state index < -0.39 is 0 Å². The fraction of sp³-hybridized carbons (Fsp3) is 0.643. The molecule has 6 nitrogen and oxygen atoms in total. The zero-order valence-electron chi connectivity index (χ0n) is 12.3. The number of methoxy groups -OCH3 is 1. The van der Waals surface area contributed by atoms with Crippen LogP contribution in [-0.2, 0) is 4.74 Å². The summed E-state index contributed by atoms with van der Waals surface area (Å²) in [5.74, 6) is 2.27. The van der Waals surface area contributed by atoms with Gasteiger partial charge in [-0.15, -0.1) is 0 Å². The topological polar surface area (TPSA) is 66.7 Å². The van der Waals surface area contributed by atoms with Crippen molar-refractivity contribution in [1.82, 2.24) is 15.5 Å². The first kappa shape index (κ1) is 16.2. The van der Waals surface area contributed by atoms with Crippen molar-refractivity contribution in [1.29, 1.82) is 0 Å². The third-order valence-corrected chi connectivity index (χ3v) is 4.40. The second kappa shape index (κ2) is 8.96. The van der Waals surface area contributed by atoms with Crippen molar-refractivity contribution >= 4 is 17.8 Å². The number of hydrogen-bond acceptors (Lipinski definition) is 5. The lowest BCUT2D eigenvalue weighted by molar-refractivity contribution is 0.191. The smallest absolute Gasteiger partial charge is 0.314 e. The van der Waals surface area contributed by atoms with Gasteiger partial charge in [-0.05, 0) is 6.07 Å². The van der Waals surface area contributed by atoms with E-state index >= 15 is 0 Å². The van der Waals surface area contributed by atoms with Gasteiger partial charge in [-0.25, -0.2) is 4.79 Å². The molecular weight excluding hydrogens is 290 g/mol. The lowest BCUT2D eigenvalue weighted by atomic mass is 10.1. The Balaban J connectivity index is 1.86. The standard InChI is InChI=1S/C14H23N3O3S/c1-19-7-3-15-14(18)16-10-13(12-2-6-20-11-12)17-4-8-21-9-5-17/h2,6,11,13H,3-5,7-10H2,1H3,(H2,15,16,18)/t13-/m1/s1. The molecule has 0 unspecified atom stereocenters. The van der Waals surface area contributed by atoms with E-state index in [1.807, 2.05) is 17.8 Å². The molecule has 1 fully saturated rings. The highest BCUT2D eigenvalue weighted by molar-refractivity contribution is 7.99. The molecule has 1 saturated heterocycles. The summed E-state index contributed by atoms with van der Waals surface area (Å²) < 4.78 is 10.1. The maximum Gasteiger partial charge on any atom is 0.314 e. The van der Waals surface area contributed by atoms with Crippen molar-refractivity contribution in [3.8, 4) is 0 Å². The Bertz CT molecular complexity index is 408. The zero-order chi connectivity index (χ0) is 14.9. The first-order valence-electron chi connectivity index (χ1n) is 7.16. The highest BCUT2D eigenvalue weighted by Crippen LogP contribution is 2.23. The number of rotatable bonds is 7. The molecule has 2 heterocycles. The van der Waals surface area contributed by atoms with Crippen molar-refractivity contribution in [2.24, 2.45) is 0 Å². The Morgan fingerprint density at radius 1 is 1.48 bits per heavy atom. The summed E-state index contributed by atoms with van der Waals surface area (Å²) in [6.45, 7) is 3.67. The number of furan rings is 1. The first-order valence-corrected chi connectivity index (χ1v) is 8.31. The molecule has 1 aromatic heterocycles. The van der Waals surface area contributed by atoms with Crippen molar-refractivity contribution in [3.63, 3.8) is 0 Å². The SMILES string of the molecule is COCCNC(=O)NC[C@H](c1ccoc1)N1CCSCC1. The van der Waals surface area contributed by atoms with Gasteiger partial charge < -0.3 is 19.8 Å². The minimum atomic E-state index is -0.160. The largest absolute Gasteiger partial charge is 0.472 e. The molecule has 21 heavy (non-hydrogen) atoms. The van der Waals surface area contributed by atoms with Crippen LogP contribution in [0, 0.1) is 0 Å². The van der Waals surface area contributed by atoms with Gasteiger partial charge in [0.2, 0.25) is 0 Å². The second-order valence-corrected chi connectivity index (χ2v) is 6.08. The van der Waals surface area contributed by atoms with Gasteiger partial charge in [0.1, 0.15) is 0 Å². The summed E-state index contributed by atoms with van der Waals surface area (Å²) in [6, 6.07) is 1.97. The zero-order valence-corrected chi connectivity index (χ0v) is 13.2. The third-order valence-electron chi connectivity index (χ3n) is 3.46. The molecule has 1 aliphatic rings. The van der Waals surface area contributed by atoms with E-state index in [0.717, 1.165) is 30.2 Å². The van der Waals surface area contributed by atoms with E-state index in [2.05, 4.69) is 15.5 Å². The van der Waals surface area contributed by atoms with Gasteiger partial charge >= 0.3 is 6.03 Å². The van der Waals surface area contributed by atoms with Gasteiger partial charge in [0.25, 0.3) is 0 Å². The highest BCUT2D eigenvalue weighted by atomic mass is 32.2. The van der Waals surface area contributed by atoms with E-state index in [0.29, 0.717) is 19.7 Å². The molecule has 1 aliphatic heterocycles. The molecule has 0 spiro atoms. The summed E-state index contributed by atoms with van der Waals surface area (Å²) in [7, 11) is 1.61. The predicted octanol–water partition coefficient (Wildman–Crippen LogP) is 1.32. The number of carbonyl (C=O) groups is 1. The molecule has 0 bridgehead atoms. The fourth-order valence-corrected chi connectivity index (χ4v) is 3.26. The van der Waals surface area contributed by atoms with Crippen molar-refractivity contribution < 1.29 is 13.9 Å². The number of carbonyl (C=O) groups excluding carboxylic acids is 1. The van der Waals surface area contributed by atoms with Gasteiger partial charge in [-0.3, -0.25) is 4.90 Å². The maximum absolute atomic E-state index is 11.8. The normalized spacial score (nSPS) is 17.4. The monoisotopic (exact) mass is 313 g/mol. The number of amides is 2. The summed E-state index contributed by atoms with van der Waals surface area (Å²) in [4.78, 5) is 14.2. The van der Waals surface area contributed by atoms with Crippen LogP contribution in [0.5, 0.6) is 0 Å². The Hall–Kier alpha value is -1.18. The lowest BCUT2D eigenvalue weighted by Gasteiger charge is -2.33. The van der Waals surface area contributed by atoms with Gasteiger partial charge in [-0.2, -0.15) is 11.8 Å². The first-order chi connectivity index (χ1) is 10.3. The van der Waals surface area contributed by atoms with Gasteiger partial charge in [-0.1, -0.05) is 0 Å². The molecule has 0 radical (unpaired) electrons. The number of hydrogen-bond donors (Lipinski definition) is 2. The van der Waals surface area contributed by atoms with Crippen LogP contribution in [0.3, 0.4) is 0 Å². The Kier molecular flexibility index (Phi) is 6.91. The highest BCUT2D eigenvalue weighted by Gasteiger charge is 2.23. The van der Waals surface area contributed by atoms with Crippen LogP contribution in [0.25, 0.3) is 0 Å². The molecule has 0 aliphatic carbocycles. The number of nitrogens with one attached hydrogen (secondary N) is 2. The minimum Gasteiger partial charge on any atom is -0.472 e. The summed E-state index contributed by atoms with van der Waals surface area (Å²) in [6.07, 6.45) is 3.44. The van der Waals surface area contributed by atoms with Crippen molar-refractivity contribution in [2.45, 2.75) is 6.04 Å². The molecule has 0 aromatic carbocycles. The molecule has 2 amide bonds. The van der Waals surface area contributed by atoms with Crippen LogP contribution in [0.15, 0.2) is 23.0 Å². The molecule has 118 valence electrons. The quantitative estimate of drug-likeness (QED) is 0.743. The second-order valence-electron chi connectivity index (χ2n) is 4.85. The average Bonchev–Trinajstić information content (AvgIpc) is 3.03. The van der Waals surface area contributed by atoms with Crippen LogP contribution >= 0.6 is 11.8 Å². The Morgan fingerprint density at radius 3 is 2.95 bits per heavy atom. The lowest BCUT2D eigenvalue weighted by Crippen LogP contribution is -2.45. The Labute approximate surface area is 129 Å². The van der Waals surface area contributed by atoms with E-state index in [-0.39, 0.29) is 12.1 Å². The van der Waals surface area contributed by atoms with Gasteiger partial charge in [0.05, 0.1) is 25.2 Å². The van der Waals surface area contributed by atoms with Crippen LogP contribution in [0.4, 0.5) is 4.79 Å².